The van der Waals surface area contributed by atoms with Crippen molar-refractivity contribution in [2.45, 2.75) is 145 Å². The SMILES string of the molecule is CCCCCOc1ccc(-c2nc(-c3ccc(C(=O)N[C@H]4C[C@@H](O)[C@@H](O)NC(=O)[C@@H]5[C@@H](O)[C@@H](C)CN5C(=O)[C@H]([C@H](O)CC(N)=O)NC(=O)[C@H]([C@H](O)[C@@H](O)c5ccc(O)c(OS(=O)(=O)O)c5)NC(=O)[C@@H]5C[C@@H](O)CN5C(=O)C([C@@H](C)O)NC4=O)cc3)cs2)cc1. The third-order valence-electron chi connectivity index (χ3n) is 15.1. The number of amides is 8. The summed E-state index contributed by atoms with van der Waals surface area (Å²) in [5.74, 6) is -13.2. The highest BCUT2D eigenvalue weighted by Gasteiger charge is 2.51. The van der Waals surface area contributed by atoms with Crippen LogP contribution in [0.5, 0.6) is 17.2 Å². The Bertz CT molecular complexity index is 3340. The number of carbonyl (C=O) groups excluding carboxylic acids is 8. The summed E-state index contributed by atoms with van der Waals surface area (Å²) in [5.41, 5.74) is 6.63. The summed E-state index contributed by atoms with van der Waals surface area (Å²) < 4.78 is 42.6. The number of benzene rings is 3. The van der Waals surface area contributed by atoms with Gasteiger partial charge in [-0.2, -0.15) is 8.42 Å². The Morgan fingerprint density at radius 2 is 1.44 bits per heavy atom. The number of hydrogen-bond donors (Lipinski definition) is 16. The van der Waals surface area contributed by atoms with Crippen molar-refractivity contribution >= 4 is 69.0 Å². The lowest BCUT2D eigenvalue weighted by Gasteiger charge is -2.34. The van der Waals surface area contributed by atoms with E-state index in [9.17, 15) is 97.3 Å². The van der Waals surface area contributed by atoms with Gasteiger partial charge in [0, 0.05) is 53.9 Å². The van der Waals surface area contributed by atoms with Crippen LogP contribution < -0.4 is 41.2 Å². The molecule has 31 nitrogen and oxygen atoms in total. The number of aromatic nitrogens is 1. The molecule has 0 bridgehead atoms. The van der Waals surface area contributed by atoms with Gasteiger partial charge in [0.1, 0.15) is 65.3 Å². The fraction of sp³-hybridized carbons (Fsp3) is 0.482. The molecule has 3 aliphatic rings. The summed E-state index contributed by atoms with van der Waals surface area (Å²) in [6.45, 7) is 3.79. The first-order valence-corrected chi connectivity index (χ1v) is 30.4. The van der Waals surface area contributed by atoms with Crippen molar-refractivity contribution in [3.63, 3.8) is 0 Å². The molecule has 0 aliphatic carbocycles. The van der Waals surface area contributed by atoms with Crippen LogP contribution in [0.15, 0.2) is 72.1 Å². The second-order valence-electron chi connectivity index (χ2n) is 21.9. The van der Waals surface area contributed by atoms with Crippen LogP contribution in [0.25, 0.3) is 21.8 Å². The summed E-state index contributed by atoms with van der Waals surface area (Å²) in [5, 5.41) is 115. The Kier molecular flexibility index (Phi) is 22.8. The molecule has 3 saturated heterocycles. The largest absolute Gasteiger partial charge is 0.504 e. The van der Waals surface area contributed by atoms with Crippen molar-refractivity contribution in [1.29, 1.82) is 0 Å². The quantitative estimate of drug-likeness (QED) is 0.0340. The number of rotatable bonds is 18. The maximum atomic E-state index is 14.7. The number of hydrogen-bond acceptors (Lipinski definition) is 23. The molecule has 8 amide bonds. The summed E-state index contributed by atoms with van der Waals surface area (Å²) in [7, 11) is -5.35. The van der Waals surface area contributed by atoms with Gasteiger partial charge < -0.3 is 97.0 Å². The van der Waals surface area contributed by atoms with Crippen LogP contribution in [0.2, 0.25) is 0 Å². The smallest absolute Gasteiger partial charge is 0.446 e. The van der Waals surface area contributed by atoms with E-state index in [-0.39, 0.29) is 5.56 Å². The summed E-state index contributed by atoms with van der Waals surface area (Å²) in [6.07, 6.45) is -17.1. The summed E-state index contributed by atoms with van der Waals surface area (Å²) in [4.78, 5) is 119. The first-order valence-electron chi connectivity index (χ1n) is 28.1. The molecule has 33 heteroatoms. The summed E-state index contributed by atoms with van der Waals surface area (Å²) >= 11 is 1.36. The number of phenols is 1. The van der Waals surface area contributed by atoms with Gasteiger partial charge in [-0.3, -0.25) is 42.9 Å². The molecule has 3 aliphatic heterocycles. The highest BCUT2D eigenvalue weighted by atomic mass is 32.3. The van der Waals surface area contributed by atoms with Crippen molar-refractivity contribution in [3.8, 4) is 39.1 Å². The molecular formula is C56H71N9O22S2. The predicted molar refractivity (Wildman–Crippen MR) is 309 cm³/mol. The lowest BCUT2D eigenvalue weighted by Crippen LogP contribution is -2.64. The van der Waals surface area contributed by atoms with Crippen LogP contribution in [0, 0.1) is 5.92 Å². The van der Waals surface area contributed by atoms with Crippen LogP contribution in [0.1, 0.15) is 81.3 Å². The van der Waals surface area contributed by atoms with Crippen molar-refractivity contribution in [1.82, 2.24) is 41.4 Å². The molecule has 4 heterocycles. The fourth-order valence-electron chi connectivity index (χ4n) is 10.3. The van der Waals surface area contributed by atoms with Gasteiger partial charge in [-0.25, -0.2) is 4.98 Å². The molecule has 89 heavy (non-hydrogen) atoms. The van der Waals surface area contributed by atoms with E-state index in [1.807, 2.05) is 34.9 Å². The van der Waals surface area contributed by atoms with Crippen molar-refractivity contribution in [3.05, 3.63) is 83.2 Å². The Labute approximate surface area is 512 Å². The van der Waals surface area contributed by atoms with E-state index in [0.29, 0.717) is 44.5 Å². The second-order valence-corrected chi connectivity index (χ2v) is 23.8. The van der Waals surface area contributed by atoms with Crippen molar-refractivity contribution in [2.24, 2.45) is 11.7 Å². The van der Waals surface area contributed by atoms with Crippen molar-refractivity contribution < 1.29 is 106 Å². The minimum absolute atomic E-state index is 0.0727. The number of ether oxygens (including phenoxy) is 1. The van der Waals surface area contributed by atoms with Gasteiger partial charge in [-0.15, -0.1) is 11.3 Å². The van der Waals surface area contributed by atoms with Crippen LogP contribution in [-0.2, 0) is 44.0 Å². The lowest BCUT2D eigenvalue weighted by molar-refractivity contribution is -0.149. The summed E-state index contributed by atoms with van der Waals surface area (Å²) in [6, 6.07) is 2.42. The van der Waals surface area contributed by atoms with E-state index in [1.165, 1.54) is 30.4 Å². The third-order valence-corrected chi connectivity index (χ3v) is 16.4. The number of phenolic OH excluding ortho intramolecular Hbond substituents is 1. The third kappa shape index (κ3) is 17.1. The molecule has 0 radical (unpaired) electrons. The van der Waals surface area contributed by atoms with Gasteiger partial charge in [0.2, 0.25) is 41.4 Å². The molecular weight excluding hydrogens is 1210 g/mol. The first kappa shape index (κ1) is 68.5. The van der Waals surface area contributed by atoms with Gasteiger partial charge in [0.25, 0.3) is 5.91 Å². The van der Waals surface area contributed by atoms with Crippen molar-refractivity contribution in [2.75, 3.05) is 19.7 Å². The standard InChI is InChI=1S/C56H71N9O22S2/c1-4-5-6-17-86-32-14-11-29(12-15-32)54-59-34(24-88-54)27-7-9-28(10-8-27)48(75)58-33-20-38(70)51(78)63-53(80)44-45(72)25(2)22-65(44)56(82)42(37(69)21-40(57)71)61-52(79)43(47(74)46(73)30-13-16-36(68)39(18-30)87-89(83,84)85)62-50(77)35-19-31(67)23-64(35)55(81)41(26(3)66)60-49(33)76/h7-16,18,24-26,31,33,35,37-38,41-47,51,66-70,72-74,78H,4-6,17,19-23H2,1-3H3,(H2,57,71)(H,58,75)(H,60,76)(H,61,79)(H,62,77)(H,63,80)(H,83,84,85)/t25-,26+,31+,33-,35-,37+,38+,41?,42-,43-,44-,45-,46-,47-,51+/m0/s1. The van der Waals surface area contributed by atoms with Crippen LogP contribution in [0.4, 0.5) is 0 Å². The minimum atomic E-state index is -5.35. The van der Waals surface area contributed by atoms with Gasteiger partial charge in [-0.05, 0) is 67.4 Å². The lowest BCUT2D eigenvalue weighted by atomic mass is 9.96. The van der Waals surface area contributed by atoms with Crippen LogP contribution in [-0.4, -0.2) is 220 Å². The number of fused-ring (bicyclic) bond motifs is 2. The zero-order valence-electron chi connectivity index (χ0n) is 48.1. The normalized spacial score (nSPS) is 26.4. The molecule has 4 aromatic rings. The molecule has 3 fully saturated rings. The average molecular weight is 1290 g/mol. The minimum Gasteiger partial charge on any atom is -0.504 e. The Morgan fingerprint density at radius 3 is 2.08 bits per heavy atom. The number of primary amides is 1. The molecule has 1 aromatic heterocycles. The van der Waals surface area contributed by atoms with E-state index in [1.54, 1.807) is 17.5 Å². The molecule has 17 N–H and O–H groups in total. The van der Waals surface area contributed by atoms with Crippen LogP contribution >= 0.6 is 11.3 Å². The van der Waals surface area contributed by atoms with Gasteiger partial charge in [0.05, 0.1) is 43.1 Å². The number of nitrogens with one attached hydrogen (secondary N) is 5. The zero-order chi connectivity index (χ0) is 65.3. The Morgan fingerprint density at radius 1 is 0.798 bits per heavy atom. The first-order chi connectivity index (χ1) is 42.0. The zero-order valence-corrected chi connectivity index (χ0v) is 49.7. The molecule has 3 aromatic carbocycles. The number of aromatic hydroxyl groups is 1. The fourth-order valence-corrected chi connectivity index (χ4v) is 11.5. The van der Waals surface area contributed by atoms with E-state index in [0.717, 1.165) is 43.9 Å². The molecule has 0 spiro atoms. The van der Waals surface area contributed by atoms with Gasteiger partial charge in [0.15, 0.2) is 17.7 Å². The van der Waals surface area contributed by atoms with Gasteiger partial charge >= 0.3 is 10.4 Å². The Balaban J connectivity index is 1.22. The number of thiazole rings is 1. The second kappa shape index (κ2) is 29.6. The average Bonchev–Trinajstić information content (AvgIpc) is 2.76. The van der Waals surface area contributed by atoms with Gasteiger partial charge in [-0.1, -0.05) is 44.9 Å². The number of nitrogens with two attached hydrogens (primary N) is 1. The molecule has 1 unspecified atom stereocenters. The van der Waals surface area contributed by atoms with E-state index >= 15 is 0 Å². The highest BCUT2D eigenvalue weighted by Crippen LogP contribution is 2.34. The Hall–Kier alpha value is -7.96. The maximum Gasteiger partial charge on any atom is 0.446 e. The number of unbranched alkanes of at least 4 members (excludes halogenated alkanes) is 2. The number of nitrogens with zero attached hydrogens (tertiary/aromatic N) is 3. The molecule has 0 saturated carbocycles. The van der Waals surface area contributed by atoms with Crippen LogP contribution in [0.3, 0.4) is 0 Å². The maximum absolute atomic E-state index is 14.7. The number of carbonyl (C=O) groups is 8. The topological polar surface area (TPSA) is 497 Å². The van der Waals surface area contributed by atoms with E-state index in [4.69, 9.17) is 15.5 Å². The van der Waals surface area contributed by atoms with E-state index in [2.05, 4.69) is 27.1 Å². The van der Waals surface area contributed by atoms with E-state index < -0.39 is 198 Å². The monoisotopic (exact) mass is 1290 g/mol. The predicted octanol–water partition coefficient (Wildman–Crippen LogP) is -3.43. The molecule has 7 rings (SSSR count). The number of aliphatic hydroxyl groups is 8. The highest BCUT2D eigenvalue weighted by molar-refractivity contribution is 7.81. The number of aliphatic hydroxyl groups excluding tert-OH is 8. The molecule has 15 atom stereocenters. The molecule has 484 valence electrons.